The molecule has 0 aliphatic rings. The molecule has 20 heavy (non-hydrogen) atoms. The Kier molecular flexibility index (Phi) is 3.24. The van der Waals surface area contributed by atoms with Gasteiger partial charge in [0.1, 0.15) is 0 Å². The maximum absolute atomic E-state index is 5.75. The summed E-state index contributed by atoms with van der Waals surface area (Å²) in [6.45, 7) is 0. The number of hydrogen-bond acceptors (Lipinski definition) is 5. The fraction of sp³-hybridized carbons (Fsp3) is 0. The molecule has 5 nitrogen and oxygen atoms in total. The van der Waals surface area contributed by atoms with E-state index in [9.17, 15) is 0 Å². The highest BCUT2D eigenvalue weighted by atomic mass is 15.2. The van der Waals surface area contributed by atoms with Crippen molar-refractivity contribution in [2.45, 2.75) is 0 Å². The average molecular weight is 263 g/mol. The lowest BCUT2D eigenvalue weighted by Crippen LogP contribution is -2.04. The number of aromatic nitrogens is 3. The third kappa shape index (κ3) is 2.72. The molecular weight excluding hydrogens is 250 g/mol. The third-order valence-corrected chi connectivity index (χ3v) is 2.71. The highest BCUT2D eigenvalue weighted by Crippen LogP contribution is 2.18. The first-order valence-electron chi connectivity index (χ1n) is 6.20. The number of anilines is 3. The molecule has 3 N–H and O–H groups in total. The van der Waals surface area contributed by atoms with Crippen LogP contribution in [0.1, 0.15) is 0 Å². The smallest absolute Gasteiger partial charge is 0.232 e. The van der Waals surface area contributed by atoms with Gasteiger partial charge >= 0.3 is 0 Å². The van der Waals surface area contributed by atoms with E-state index in [0.717, 1.165) is 11.3 Å². The number of rotatable bonds is 3. The van der Waals surface area contributed by atoms with E-state index in [-0.39, 0.29) is 5.95 Å². The Morgan fingerprint density at radius 3 is 2.10 bits per heavy atom. The number of nitrogens with one attached hydrogen (secondary N) is 1. The largest absolute Gasteiger partial charge is 0.368 e. The van der Waals surface area contributed by atoms with Crippen molar-refractivity contribution in [1.82, 2.24) is 15.0 Å². The van der Waals surface area contributed by atoms with Crippen molar-refractivity contribution in [3.63, 3.8) is 0 Å². The SMILES string of the molecule is Nc1nc(Nc2ccccc2)nc(-c2ccccc2)n1. The lowest BCUT2D eigenvalue weighted by atomic mass is 10.2. The van der Waals surface area contributed by atoms with E-state index in [1.165, 1.54) is 0 Å². The molecule has 0 unspecified atom stereocenters. The van der Waals surface area contributed by atoms with E-state index in [4.69, 9.17) is 5.73 Å². The minimum Gasteiger partial charge on any atom is -0.368 e. The molecule has 0 fully saturated rings. The molecule has 5 heteroatoms. The van der Waals surface area contributed by atoms with Crippen LogP contribution >= 0.6 is 0 Å². The van der Waals surface area contributed by atoms with Gasteiger partial charge in [0.25, 0.3) is 0 Å². The second kappa shape index (κ2) is 5.36. The maximum atomic E-state index is 5.75. The first kappa shape index (κ1) is 12.1. The van der Waals surface area contributed by atoms with Crippen molar-refractivity contribution in [2.24, 2.45) is 0 Å². The zero-order valence-corrected chi connectivity index (χ0v) is 10.7. The summed E-state index contributed by atoms with van der Waals surface area (Å²) in [6, 6.07) is 19.3. The van der Waals surface area contributed by atoms with E-state index in [0.29, 0.717) is 11.8 Å². The number of para-hydroxylation sites is 1. The Morgan fingerprint density at radius 1 is 0.750 bits per heavy atom. The Morgan fingerprint density at radius 2 is 1.40 bits per heavy atom. The zero-order chi connectivity index (χ0) is 13.8. The van der Waals surface area contributed by atoms with E-state index in [1.807, 2.05) is 60.7 Å². The Hall–Kier alpha value is -2.95. The molecule has 1 heterocycles. The van der Waals surface area contributed by atoms with Gasteiger partial charge in [-0.05, 0) is 12.1 Å². The van der Waals surface area contributed by atoms with Crippen LogP contribution in [-0.4, -0.2) is 15.0 Å². The molecule has 0 aliphatic carbocycles. The predicted octanol–water partition coefficient (Wildman–Crippen LogP) is 2.86. The standard InChI is InChI=1S/C15H13N5/c16-14-18-13(11-7-3-1-4-8-11)19-15(20-14)17-12-9-5-2-6-10-12/h1-10H,(H3,16,17,18,19,20). The van der Waals surface area contributed by atoms with E-state index < -0.39 is 0 Å². The molecule has 0 bridgehead atoms. The molecule has 2 aromatic carbocycles. The summed E-state index contributed by atoms with van der Waals surface area (Å²) in [5.41, 5.74) is 7.55. The summed E-state index contributed by atoms with van der Waals surface area (Å²) in [6.07, 6.45) is 0. The summed E-state index contributed by atoms with van der Waals surface area (Å²) < 4.78 is 0. The van der Waals surface area contributed by atoms with Gasteiger partial charge in [0.15, 0.2) is 5.82 Å². The van der Waals surface area contributed by atoms with Gasteiger partial charge in [-0.1, -0.05) is 48.5 Å². The van der Waals surface area contributed by atoms with Gasteiger partial charge in [0, 0.05) is 11.3 Å². The fourth-order valence-electron chi connectivity index (χ4n) is 1.82. The van der Waals surface area contributed by atoms with Crippen LogP contribution in [0.2, 0.25) is 0 Å². The van der Waals surface area contributed by atoms with Gasteiger partial charge in [-0.2, -0.15) is 15.0 Å². The molecule has 0 saturated heterocycles. The van der Waals surface area contributed by atoms with Crippen molar-refractivity contribution < 1.29 is 0 Å². The van der Waals surface area contributed by atoms with Crippen molar-refractivity contribution in [1.29, 1.82) is 0 Å². The second-order valence-electron chi connectivity index (χ2n) is 4.20. The molecule has 0 amide bonds. The van der Waals surface area contributed by atoms with Crippen LogP contribution < -0.4 is 11.1 Å². The predicted molar refractivity (Wildman–Crippen MR) is 79.4 cm³/mol. The fourth-order valence-corrected chi connectivity index (χ4v) is 1.82. The van der Waals surface area contributed by atoms with Crippen molar-refractivity contribution in [2.75, 3.05) is 11.1 Å². The number of nitrogens with two attached hydrogens (primary N) is 1. The molecule has 3 rings (SSSR count). The summed E-state index contributed by atoms with van der Waals surface area (Å²) in [4.78, 5) is 12.6. The molecule has 0 saturated carbocycles. The monoisotopic (exact) mass is 263 g/mol. The zero-order valence-electron chi connectivity index (χ0n) is 10.7. The topological polar surface area (TPSA) is 76.7 Å². The number of nitrogens with zero attached hydrogens (tertiary/aromatic N) is 3. The molecule has 0 atom stereocenters. The molecule has 1 aromatic heterocycles. The average Bonchev–Trinajstić information content (AvgIpc) is 2.49. The Labute approximate surface area is 116 Å². The van der Waals surface area contributed by atoms with Crippen molar-refractivity contribution in [3.8, 4) is 11.4 Å². The lowest BCUT2D eigenvalue weighted by Gasteiger charge is -2.07. The van der Waals surface area contributed by atoms with Crippen LogP contribution in [0.3, 0.4) is 0 Å². The van der Waals surface area contributed by atoms with E-state index in [1.54, 1.807) is 0 Å². The van der Waals surface area contributed by atoms with Gasteiger partial charge in [0.05, 0.1) is 0 Å². The summed E-state index contributed by atoms with van der Waals surface area (Å²) in [5.74, 6) is 1.18. The van der Waals surface area contributed by atoms with Crippen LogP contribution in [0, 0.1) is 0 Å². The molecule has 0 spiro atoms. The minimum absolute atomic E-state index is 0.192. The molecule has 98 valence electrons. The first-order chi connectivity index (χ1) is 9.81. The van der Waals surface area contributed by atoms with E-state index in [2.05, 4.69) is 20.3 Å². The first-order valence-corrected chi connectivity index (χ1v) is 6.20. The summed E-state index contributed by atoms with van der Waals surface area (Å²) >= 11 is 0. The van der Waals surface area contributed by atoms with Crippen LogP contribution in [0.15, 0.2) is 60.7 Å². The van der Waals surface area contributed by atoms with E-state index >= 15 is 0 Å². The van der Waals surface area contributed by atoms with Gasteiger partial charge in [-0.3, -0.25) is 0 Å². The Balaban J connectivity index is 1.95. The van der Waals surface area contributed by atoms with Gasteiger partial charge in [0.2, 0.25) is 11.9 Å². The highest BCUT2D eigenvalue weighted by Gasteiger charge is 2.06. The lowest BCUT2D eigenvalue weighted by molar-refractivity contribution is 1.08. The van der Waals surface area contributed by atoms with Crippen LogP contribution in [0.5, 0.6) is 0 Å². The van der Waals surface area contributed by atoms with Crippen molar-refractivity contribution >= 4 is 17.6 Å². The van der Waals surface area contributed by atoms with Gasteiger partial charge in [-0.25, -0.2) is 0 Å². The van der Waals surface area contributed by atoms with Crippen LogP contribution in [-0.2, 0) is 0 Å². The quantitative estimate of drug-likeness (QED) is 0.759. The van der Waals surface area contributed by atoms with Gasteiger partial charge < -0.3 is 11.1 Å². The number of benzene rings is 2. The van der Waals surface area contributed by atoms with Crippen molar-refractivity contribution in [3.05, 3.63) is 60.7 Å². The van der Waals surface area contributed by atoms with Crippen LogP contribution in [0.4, 0.5) is 17.6 Å². The van der Waals surface area contributed by atoms with Gasteiger partial charge in [-0.15, -0.1) is 0 Å². The Bertz CT molecular complexity index is 698. The number of nitrogen functional groups attached to an aromatic ring is 1. The highest BCUT2D eigenvalue weighted by molar-refractivity contribution is 5.60. The van der Waals surface area contributed by atoms with Crippen LogP contribution in [0.25, 0.3) is 11.4 Å². The maximum Gasteiger partial charge on any atom is 0.232 e. The third-order valence-electron chi connectivity index (χ3n) is 2.71. The molecule has 0 aliphatic heterocycles. The number of hydrogen-bond donors (Lipinski definition) is 2. The summed E-state index contributed by atoms with van der Waals surface area (Å²) in [7, 11) is 0. The normalized spacial score (nSPS) is 10.2. The molecule has 3 aromatic rings. The molecular formula is C15H13N5. The minimum atomic E-state index is 0.192. The second-order valence-corrected chi connectivity index (χ2v) is 4.20. The summed E-state index contributed by atoms with van der Waals surface area (Å²) in [5, 5.41) is 3.11. The molecule has 0 radical (unpaired) electrons.